The quantitative estimate of drug-likeness (QED) is 0.409. The monoisotopic (exact) mass is 240 g/mol. The summed E-state index contributed by atoms with van der Waals surface area (Å²) in [6, 6.07) is 0. The molecule has 0 N–H and O–H groups in total. The average molecular weight is 240 g/mol. The summed E-state index contributed by atoms with van der Waals surface area (Å²) in [6.07, 6.45) is 4.04. The highest BCUT2D eigenvalue weighted by Crippen LogP contribution is 2.48. The van der Waals surface area contributed by atoms with Crippen molar-refractivity contribution < 1.29 is 23.8 Å². The number of esters is 1. The predicted octanol–water partition coefficient (Wildman–Crippen LogP) is 0.540. The maximum absolute atomic E-state index is 12.2. The maximum Gasteiger partial charge on any atom is 0.313 e. The van der Waals surface area contributed by atoms with Crippen molar-refractivity contribution in [1.82, 2.24) is 0 Å². The third-order valence-electron chi connectivity index (χ3n) is 3.74. The molecule has 0 aliphatic heterocycles. The second-order valence-corrected chi connectivity index (χ2v) is 4.32. The zero-order valence-corrected chi connectivity index (χ0v) is 10.1. The van der Waals surface area contributed by atoms with Crippen LogP contribution in [0.5, 0.6) is 0 Å². The van der Waals surface area contributed by atoms with Crippen LogP contribution in [0.3, 0.4) is 0 Å². The highest BCUT2D eigenvalue weighted by molar-refractivity contribution is 5.94. The molecule has 1 saturated carbocycles. The Labute approximate surface area is 99.7 Å². The molecule has 2 bridgehead atoms. The van der Waals surface area contributed by atoms with Crippen LogP contribution in [0.15, 0.2) is 12.2 Å². The largest absolute Gasteiger partial charge is 0.469 e. The number of ketones is 1. The van der Waals surface area contributed by atoms with E-state index in [1.807, 2.05) is 0 Å². The Bertz CT molecular complexity index is 369. The van der Waals surface area contributed by atoms with E-state index in [9.17, 15) is 9.59 Å². The number of ether oxygens (including phenoxy) is 3. The van der Waals surface area contributed by atoms with Crippen molar-refractivity contribution in [3.63, 3.8) is 0 Å². The molecule has 0 amide bonds. The van der Waals surface area contributed by atoms with Gasteiger partial charge >= 0.3 is 5.97 Å². The third-order valence-corrected chi connectivity index (χ3v) is 3.74. The molecule has 0 heterocycles. The Morgan fingerprint density at radius 3 is 2.47 bits per heavy atom. The lowest BCUT2D eigenvalue weighted by Crippen LogP contribution is -2.48. The number of methoxy groups -OCH3 is 3. The molecule has 0 aromatic carbocycles. The second-order valence-electron chi connectivity index (χ2n) is 4.32. The van der Waals surface area contributed by atoms with Gasteiger partial charge in [0.05, 0.1) is 13.0 Å². The van der Waals surface area contributed by atoms with Crippen LogP contribution in [0.1, 0.15) is 6.42 Å². The van der Waals surface area contributed by atoms with Crippen molar-refractivity contribution in [3.05, 3.63) is 12.2 Å². The number of rotatable bonds is 3. The Balaban J connectivity index is 2.39. The number of fused-ring (bicyclic) bond motifs is 2. The smallest absolute Gasteiger partial charge is 0.313 e. The van der Waals surface area contributed by atoms with Crippen LogP contribution in [-0.2, 0) is 23.8 Å². The fraction of sp³-hybridized carbons (Fsp3) is 0.667. The fourth-order valence-corrected chi connectivity index (χ4v) is 2.88. The van der Waals surface area contributed by atoms with Gasteiger partial charge in [-0.3, -0.25) is 9.59 Å². The number of allylic oxidation sites excluding steroid dienone is 1. The van der Waals surface area contributed by atoms with Gasteiger partial charge in [-0.25, -0.2) is 0 Å². The number of carbonyl (C=O) groups excluding carboxylic acids is 2. The van der Waals surface area contributed by atoms with E-state index in [0.29, 0.717) is 6.42 Å². The van der Waals surface area contributed by atoms with Gasteiger partial charge in [0.25, 0.3) is 0 Å². The zero-order chi connectivity index (χ0) is 12.6. The lowest BCUT2D eigenvalue weighted by molar-refractivity contribution is -0.225. The first kappa shape index (κ1) is 12.3. The maximum atomic E-state index is 12.2. The van der Waals surface area contributed by atoms with E-state index in [1.165, 1.54) is 21.3 Å². The van der Waals surface area contributed by atoms with E-state index >= 15 is 0 Å². The normalized spacial score (nSPS) is 33.8. The Kier molecular flexibility index (Phi) is 3.05. The Morgan fingerprint density at radius 2 is 1.94 bits per heavy atom. The lowest BCUT2D eigenvalue weighted by Gasteiger charge is -2.33. The molecule has 1 unspecified atom stereocenters. The van der Waals surface area contributed by atoms with E-state index in [-0.39, 0.29) is 23.6 Å². The van der Waals surface area contributed by atoms with E-state index in [4.69, 9.17) is 14.2 Å². The number of carbonyl (C=O) groups is 2. The molecule has 2 aliphatic carbocycles. The van der Waals surface area contributed by atoms with Gasteiger partial charge in [-0.1, -0.05) is 12.2 Å². The first-order chi connectivity index (χ1) is 8.10. The zero-order valence-electron chi connectivity index (χ0n) is 10.1. The number of hydrogen-bond acceptors (Lipinski definition) is 5. The molecular weight excluding hydrogens is 224 g/mol. The van der Waals surface area contributed by atoms with E-state index in [0.717, 1.165) is 0 Å². The van der Waals surface area contributed by atoms with Gasteiger partial charge in [-0.05, 0) is 6.42 Å². The topological polar surface area (TPSA) is 61.8 Å². The molecule has 5 heteroatoms. The van der Waals surface area contributed by atoms with Crippen LogP contribution in [0.4, 0.5) is 0 Å². The molecule has 0 radical (unpaired) electrons. The lowest BCUT2D eigenvalue weighted by atomic mass is 9.83. The van der Waals surface area contributed by atoms with Crippen molar-refractivity contribution in [2.75, 3.05) is 21.3 Å². The molecule has 3 atom stereocenters. The number of hydrogen-bond donors (Lipinski definition) is 0. The van der Waals surface area contributed by atoms with Crippen molar-refractivity contribution in [2.24, 2.45) is 17.8 Å². The van der Waals surface area contributed by atoms with Gasteiger partial charge < -0.3 is 14.2 Å². The van der Waals surface area contributed by atoms with E-state index in [2.05, 4.69) is 0 Å². The summed E-state index contributed by atoms with van der Waals surface area (Å²) in [7, 11) is 4.19. The summed E-state index contributed by atoms with van der Waals surface area (Å²) in [4.78, 5) is 23.9. The fourth-order valence-electron chi connectivity index (χ4n) is 2.88. The molecule has 0 saturated heterocycles. The number of Topliss-reactive ketones (excluding diaryl/α,β-unsaturated/α-hetero) is 1. The molecule has 0 aromatic rings. The standard InChI is InChI=1S/C12H16O5/c1-15-11(14)8-5-4-7-6-9(8)12(16-2,17-3)10(7)13/h4-5,7-9H,6H2,1-3H3/t7-,8?,9-/m1/s1. The van der Waals surface area contributed by atoms with Crippen molar-refractivity contribution in [1.29, 1.82) is 0 Å². The predicted molar refractivity (Wildman–Crippen MR) is 58.0 cm³/mol. The molecule has 2 rings (SSSR count). The Morgan fingerprint density at radius 1 is 1.29 bits per heavy atom. The van der Waals surface area contributed by atoms with Gasteiger partial charge in [0.2, 0.25) is 5.79 Å². The molecule has 0 aromatic heterocycles. The first-order valence-electron chi connectivity index (χ1n) is 5.51. The minimum Gasteiger partial charge on any atom is -0.469 e. The first-order valence-corrected chi connectivity index (χ1v) is 5.51. The average Bonchev–Trinajstić information content (AvgIpc) is 2.59. The summed E-state index contributed by atoms with van der Waals surface area (Å²) in [6.45, 7) is 0. The molecule has 1 fully saturated rings. The molecular formula is C12H16O5. The summed E-state index contributed by atoms with van der Waals surface area (Å²) in [5.74, 6) is -2.81. The van der Waals surface area contributed by atoms with Gasteiger partial charge in [-0.15, -0.1) is 0 Å². The van der Waals surface area contributed by atoms with E-state index in [1.54, 1.807) is 12.2 Å². The van der Waals surface area contributed by atoms with Crippen molar-refractivity contribution in [2.45, 2.75) is 12.2 Å². The van der Waals surface area contributed by atoms with Gasteiger partial charge in [0.15, 0.2) is 5.78 Å². The molecule has 5 nitrogen and oxygen atoms in total. The molecule has 0 spiro atoms. The summed E-state index contributed by atoms with van der Waals surface area (Å²) in [5, 5.41) is 0. The minimum absolute atomic E-state index is 0.116. The summed E-state index contributed by atoms with van der Waals surface area (Å²) < 4.78 is 15.3. The van der Waals surface area contributed by atoms with Crippen LogP contribution in [0, 0.1) is 17.8 Å². The van der Waals surface area contributed by atoms with Crippen LogP contribution in [0.2, 0.25) is 0 Å². The molecule has 2 aliphatic rings. The van der Waals surface area contributed by atoms with Crippen molar-refractivity contribution >= 4 is 11.8 Å². The minimum atomic E-state index is -1.31. The SMILES string of the molecule is COC(=O)C1C=C[C@@H]2C[C@H]1C(OC)(OC)C2=O. The van der Waals surface area contributed by atoms with Crippen LogP contribution in [0.25, 0.3) is 0 Å². The molecule has 94 valence electrons. The van der Waals surface area contributed by atoms with Crippen LogP contribution < -0.4 is 0 Å². The van der Waals surface area contributed by atoms with Crippen LogP contribution in [-0.4, -0.2) is 38.9 Å². The Hall–Kier alpha value is -1.20. The van der Waals surface area contributed by atoms with Crippen LogP contribution >= 0.6 is 0 Å². The third kappa shape index (κ3) is 1.53. The van der Waals surface area contributed by atoms with Gasteiger partial charge in [0.1, 0.15) is 0 Å². The molecule has 17 heavy (non-hydrogen) atoms. The summed E-state index contributed by atoms with van der Waals surface area (Å²) >= 11 is 0. The van der Waals surface area contributed by atoms with Crippen molar-refractivity contribution in [3.8, 4) is 0 Å². The highest BCUT2D eigenvalue weighted by atomic mass is 16.7. The van der Waals surface area contributed by atoms with Gasteiger partial charge in [0, 0.05) is 26.1 Å². The summed E-state index contributed by atoms with van der Waals surface area (Å²) in [5.41, 5.74) is 0. The highest BCUT2D eigenvalue weighted by Gasteiger charge is 2.60. The van der Waals surface area contributed by atoms with Gasteiger partial charge in [-0.2, -0.15) is 0 Å². The second kappa shape index (κ2) is 4.23. The van der Waals surface area contributed by atoms with E-state index < -0.39 is 11.7 Å².